The molecular weight excluding hydrogens is 214 g/mol. The number of primary amides is 1. The topological polar surface area (TPSA) is 73.8 Å². The number of quaternary nitrogens is 1. The Morgan fingerprint density at radius 2 is 2.13 bits per heavy atom. The molecule has 2 aliphatic carbocycles. The van der Waals surface area contributed by atoms with E-state index in [4.69, 9.17) is 0 Å². The average Bonchev–Trinajstić information content (AvgIpc) is 3.02. The first kappa shape index (κ1) is 10.7. The van der Waals surface area contributed by atoms with Crippen molar-refractivity contribution < 1.29 is 18.9 Å². The molecule has 0 spiro atoms. The third-order valence-corrected chi connectivity index (χ3v) is 3.42. The molecule has 1 unspecified atom stereocenters. The zero-order chi connectivity index (χ0) is 10.8. The quantitative estimate of drug-likeness (QED) is 0.674. The van der Waals surface area contributed by atoms with Crippen LogP contribution in [0.5, 0.6) is 0 Å². The van der Waals surface area contributed by atoms with E-state index in [1.807, 2.05) is 0 Å². The fourth-order valence-electron chi connectivity index (χ4n) is 1.55. The predicted octanol–water partition coefficient (Wildman–Crippen LogP) is -0.278. The number of nitrogens with two attached hydrogens (primary N) is 1. The lowest BCUT2D eigenvalue weighted by molar-refractivity contribution is -0.579. The van der Waals surface area contributed by atoms with Crippen LogP contribution in [-0.2, 0) is 15.9 Å². The van der Waals surface area contributed by atoms with Gasteiger partial charge in [0.1, 0.15) is 0 Å². The largest absolute Gasteiger partial charge is 0.769 e. The standard InChI is InChI=1S/C10H13NO3S/c12-10(11-8-3-4-8)7-1-5-9(6-2-7)15(13)14/h1,5,8H,2-4,6H2,(H,11,12)(H,13,14). The summed E-state index contributed by atoms with van der Waals surface area (Å²) in [6, 6.07) is 0.470. The van der Waals surface area contributed by atoms with E-state index >= 15 is 0 Å². The molecule has 0 aromatic heterocycles. The molecule has 0 aromatic rings. The van der Waals surface area contributed by atoms with Crippen LogP contribution in [-0.4, -0.2) is 20.7 Å². The fraction of sp³-hybridized carbons (Fsp3) is 0.500. The number of hydrogen-bond donors (Lipinski definition) is 1. The lowest BCUT2D eigenvalue weighted by Gasteiger charge is -2.14. The highest BCUT2D eigenvalue weighted by Gasteiger charge is 2.30. The van der Waals surface area contributed by atoms with Gasteiger partial charge < -0.3 is 4.55 Å². The van der Waals surface area contributed by atoms with Crippen molar-refractivity contribution in [2.45, 2.75) is 31.7 Å². The minimum atomic E-state index is -2.13. The molecule has 0 radical (unpaired) electrons. The normalized spacial score (nSPS) is 23.0. The molecule has 0 heterocycles. The second-order valence-electron chi connectivity index (χ2n) is 3.93. The van der Waals surface area contributed by atoms with Crippen LogP contribution in [0.25, 0.3) is 0 Å². The van der Waals surface area contributed by atoms with Crippen LogP contribution in [0.15, 0.2) is 22.6 Å². The Bertz CT molecular complexity index is 369. The third-order valence-electron chi connectivity index (χ3n) is 2.65. The molecule has 0 aliphatic heterocycles. The van der Waals surface area contributed by atoms with Gasteiger partial charge in [0.05, 0.1) is 11.6 Å². The van der Waals surface area contributed by atoms with Crippen LogP contribution in [0.2, 0.25) is 0 Å². The molecule has 1 atom stereocenters. The predicted molar refractivity (Wildman–Crippen MR) is 54.3 cm³/mol. The minimum absolute atomic E-state index is 0.0736. The second-order valence-corrected chi connectivity index (χ2v) is 4.92. The van der Waals surface area contributed by atoms with Gasteiger partial charge in [-0.1, -0.05) is 6.08 Å². The van der Waals surface area contributed by atoms with Crippen LogP contribution < -0.4 is 5.32 Å². The van der Waals surface area contributed by atoms with E-state index in [2.05, 4.69) is 0 Å². The maximum absolute atomic E-state index is 11.6. The molecule has 2 rings (SSSR count). The summed E-state index contributed by atoms with van der Waals surface area (Å²) in [7, 11) is 0. The molecule has 4 nitrogen and oxygen atoms in total. The molecule has 0 bridgehead atoms. The highest BCUT2D eigenvalue weighted by atomic mass is 32.2. The summed E-state index contributed by atoms with van der Waals surface area (Å²) in [6.45, 7) is 0. The highest BCUT2D eigenvalue weighted by Crippen LogP contribution is 2.20. The van der Waals surface area contributed by atoms with Gasteiger partial charge in [-0.05, 0) is 30.0 Å². The summed E-state index contributed by atoms with van der Waals surface area (Å²) in [5, 5.41) is 1.76. The van der Waals surface area contributed by atoms with Crippen molar-refractivity contribution >= 4 is 17.0 Å². The van der Waals surface area contributed by atoms with E-state index < -0.39 is 11.1 Å². The number of hydrogen-bond acceptors (Lipinski definition) is 3. The average molecular weight is 227 g/mol. The van der Waals surface area contributed by atoms with Crippen molar-refractivity contribution in [3.8, 4) is 0 Å². The first-order chi connectivity index (χ1) is 7.16. The molecule has 1 amide bonds. The van der Waals surface area contributed by atoms with Gasteiger partial charge in [-0.15, -0.1) is 0 Å². The molecule has 15 heavy (non-hydrogen) atoms. The van der Waals surface area contributed by atoms with Gasteiger partial charge in [0, 0.05) is 17.7 Å². The first-order valence-electron chi connectivity index (χ1n) is 5.05. The smallest absolute Gasteiger partial charge is 0.338 e. The van der Waals surface area contributed by atoms with E-state index in [9.17, 15) is 13.6 Å². The SMILES string of the molecule is O=C([NH2+]C1CC1)C1=CC=C(S(=O)[O-])CC1. The number of amides is 1. The third kappa shape index (κ3) is 2.84. The van der Waals surface area contributed by atoms with Crippen LogP contribution in [0, 0.1) is 0 Å². The summed E-state index contributed by atoms with van der Waals surface area (Å²) in [5.74, 6) is 0.0736. The zero-order valence-electron chi connectivity index (χ0n) is 8.27. The number of carbonyl (C=O) groups is 1. The molecule has 0 aromatic carbocycles. The van der Waals surface area contributed by atoms with Gasteiger partial charge >= 0.3 is 5.91 Å². The molecule has 2 N–H and O–H groups in total. The number of allylic oxidation sites excluding steroid dienone is 3. The Labute approximate surface area is 90.7 Å². The molecule has 5 heteroatoms. The Kier molecular flexibility index (Phi) is 3.14. The maximum Gasteiger partial charge on any atom is 0.338 e. The summed E-state index contributed by atoms with van der Waals surface area (Å²) in [6.07, 6.45) is 6.39. The van der Waals surface area contributed by atoms with E-state index in [1.54, 1.807) is 11.4 Å². The Balaban J connectivity index is 1.99. The molecule has 1 saturated carbocycles. The van der Waals surface area contributed by atoms with Crippen LogP contribution >= 0.6 is 0 Å². The van der Waals surface area contributed by atoms with Gasteiger partial charge in [-0.25, -0.2) is 4.79 Å². The van der Waals surface area contributed by atoms with E-state index in [-0.39, 0.29) is 5.91 Å². The van der Waals surface area contributed by atoms with Gasteiger partial charge in [-0.3, -0.25) is 9.53 Å². The molecule has 82 valence electrons. The highest BCUT2D eigenvalue weighted by molar-refractivity contribution is 7.83. The van der Waals surface area contributed by atoms with Crippen molar-refractivity contribution in [1.29, 1.82) is 0 Å². The van der Waals surface area contributed by atoms with Crippen LogP contribution in [0.1, 0.15) is 25.7 Å². The van der Waals surface area contributed by atoms with Crippen LogP contribution in [0.3, 0.4) is 0 Å². The Morgan fingerprint density at radius 1 is 1.40 bits per heavy atom. The molecule has 1 fully saturated rings. The second kappa shape index (κ2) is 4.38. The zero-order valence-corrected chi connectivity index (χ0v) is 9.09. The fourth-order valence-corrected chi connectivity index (χ4v) is 1.99. The first-order valence-corrected chi connectivity index (χ1v) is 6.12. The van der Waals surface area contributed by atoms with E-state index in [1.165, 1.54) is 6.08 Å². The summed E-state index contributed by atoms with van der Waals surface area (Å²) in [5.41, 5.74) is 0.733. The van der Waals surface area contributed by atoms with E-state index in [0.717, 1.165) is 18.4 Å². The van der Waals surface area contributed by atoms with Crippen molar-refractivity contribution in [3.05, 3.63) is 22.6 Å². The van der Waals surface area contributed by atoms with Gasteiger partial charge in [-0.2, -0.15) is 0 Å². The number of rotatable bonds is 3. The molecule has 0 saturated heterocycles. The summed E-state index contributed by atoms with van der Waals surface area (Å²) in [4.78, 5) is 12.0. The Hall–Kier alpha value is -0.780. The van der Waals surface area contributed by atoms with Gasteiger partial charge in [0.2, 0.25) is 0 Å². The van der Waals surface area contributed by atoms with Gasteiger partial charge in [0.15, 0.2) is 0 Å². The number of carbonyl (C=O) groups excluding carboxylic acids is 1. The lowest BCUT2D eigenvalue weighted by Crippen LogP contribution is -2.90. The monoisotopic (exact) mass is 227 g/mol. The van der Waals surface area contributed by atoms with Crippen molar-refractivity contribution in [1.82, 2.24) is 0 Å². The van der Waals surface area contributed by atoms with Crippen LogP contribution in [0.4, 0.5) is 0 Å². The molecular formula is C10H13NO3S. The summed E-state index contributed by atoms with van der Waals surface area (Å²) >= 11 is -2.13. The van der Waals surface area contributed by atoms with Crippen molar-refractivity contribution in [2.24, 2.45) is 0 Å². The van der Waals surface area contributed by atoms with Crippen molar-refractivity contribution in [3.63, 3.8) is 0 Å². The summed E-state index contributed by atoms with van der Waals surface area (Å²) < 4.78 is 21.3. The lowest BCUT2D eigenvalue weighted by atomic mass is 10.0. The Morgan fingerprint density at radius 3 is 2.60 bits per heavy atom. The van der Waals surface area contributed by atoms with Crippen molar-refractivity contribution in [2.75, 3.05) is 0 Å². The molecule has 2 aliphatic rings. The van der Waals surface area contributed by atoms with Gasteiger partial charge in [0.25, 0.3) is 0 Å². The minimum Gasteiger partial charge on any atom is -0.769 e. The maximum atomic E-state index is 11.6. The van der Waals surface area contributed by atoms with E-state index in [0.29, 0.717) is 23.8 Å².